The van der Waals surface area contributed by atoms with Crippen LogP contribution in [0, 0.1) is 0 Å². The van der Waals surface area contributed by atoms with E-state index in [1.165, 1.54) is 28.4 Å². The molecular weight excluding hydrogens is 388 g/mol. The molecule has 2 aliphatic rings. The second-order valence-electron chi connectivity index (χ2n) is 6.02. The van der Waals surface area contributed by atoms with Crippen LogP contribution in [0.15, 0.2) is 40.7 Å². The van der Waals surface area contributed by atoms with Crippen molar-refractivity contribution < 1.29 is 19.5 Å². The van der Waals surface area contributed by atoms with Gasteiger partial charge in [-0.05, 0) is 24.1 Å². The minimum Gasteiger partial charge on any atom is -0.477 e. The fraction of sp³-hybridized carbons (Fsp3) is 0.412. The van der Waals surface area contributed by atoms with Crippen LogP contribution in [0.1, 0.15) is 13.3 Å². The van der Waals surface area contributed by atoms with Crippen molar-refractivity contribution >= 4 is 41.4 Å². The molecule has 10 heteroatoms. The Hall–Kier alpha value is -2.20. The lowest BCUT2D eigenvalue weighted by Crippen LogP contribution is -2.71. The lowest BCUT2D eigenvalue weighted by atomic mass is 10.0. The number of urea groups is 1. The predicted molar refractivity (Wildman–Crippen MR) is 103 cm³/mol. The first-order valence-electron chi connectivity index (χ1n) is 8.50. The van der Waals surface area contributed by atoms with Gasteiger partial charge in [-0.1, -0.05) is 6.92 Å². The third-order valence-electron chi connectivity index (χ3n) is 4.13. The second kappa shape index (κ2) is 8.66. The number of nitrogens with one attached hydrogen (secondary N) is 2. The van der Waals surface area contributed by atoms with Crippen molar-refractivity contribution in [3.8, 4) is 0 Å². The number of aliphatic carboxylic acids is 1. The number of fused-ring (bicyclic) bond motifs is 1. The average molecular weight is 409 g/mol. The van der Waals surface area contributed by atoms with Crippen LogP contribution < -0.4 is 10.6 Å². The van der Waals surface area contributed by atoms with Crippen LogP contribution in [0.2, 0.25) is 0 Å². The van der Waals surface area contributed by atoms with Crippen LogP contribution in [0.25, 0.3) is 0 Å². The van der Waals surface area contributed by atoms with Crippen LogP contribution in [0.3, 0.4) is 0 Å². The number of thioether (sulfide) groups is 2. The average Bonchev–Trinajstić information content (AvgIpc) is 2.68. The van der Waals surface area contributed by atoms with Gasteiger partial charge in [-0.15, -0.1) is 23.5 Å². The molecule has 27 heavy (non-hydrogen) atoms. The molecule has 3 amide bonds. The van der Waals surface area contributed by atoms with E-state index in [-0.39, 0.29) is 17.0 Å². The van der Waals surface area contributed by atoms with Crippen molar-refractivity contribution in [1.82, 2.24) is 20.5 Å². The number of hydrogen-bond acceptors (Lipinski definition) is 6. The minimum absolute atomic E-state index is 0.0392. The summed E-state index contributed by atoms with van der Waals surface area (Å²) >= 11 is 2.98. The standard InChI is InChI=1S/C17H20N4O4S2/c1-2-5-19-17(25)20-12-14(22)21-13(16(23)24)10(9-27-15(12)21)8-26-11-3-6-18-7-4-11/h3-4,6-7,12,15H,2,5,8-9H2,1H3,(H,23,24)(H2,19,20,25)/t12?,15-/m0/s1. The first kappa shape index (κ1) is 19.6. The molecule has 1 aromatic rings. The summed E-state index contributed by atoms with van der Waals surface area (Å²) in [6.45, 7) is 2.45. The zero-order chi connectivity index (χ0) is 19.4. The van der Waals surface area contributed by atoms with Crippen LogP contribution in [-0.2, 0) is 9.59 Å². The highest BCUT2D eigenvalue weighted by Crippen LogP contribution is 2.41. The highest BCUT2D eigenvalue weighted by molar-refractivity contribution is 8.01. The van der Waals surface area contributed by atoms with E-state index in [0.717, 1.165) is 11.3 Å². The highest BCUT2D eigenvalue weighted by Gasteiger charge is 2.54. The zero-order valence-corrected chi connectivity index (χ0v) is 16.3. The Balaban J connectivity index is 1.69. The van der Waals surface area contributed by atoms with Crippen LogP contribution in [-0.4, -0.2) is 62.4 Å². The molecule has 144 valence electrons. The van der Waals surface area contributed by atoms with Gasteiger partial charge in [0.1, 0.15) is 17.1 Å². The molecule has 0 aliphatic carbocycles. The molecule has 2 aliphatic heterocycles. The molecule has 8 nitrogen and oxygen atoms in total. The van der Waals surface area contributed by atoms with Gasteiger partial charge < -0.3 is 15.7 Å². The van der Waals surface area contributed by atoms with Gasteiger partial charge in [-0.25, -0.2) is 9.59 Å². The molecule has 0 radical (unpaired) electrons. The topological polar surface area (TPSA) is 112 Å². The van der Waals surface area contributed by atoms with Crippen molar-refractivity contribution in [2.24, 2.45) is 0 Å². The maximum atomic E-state index is 12.5. The van der Waals surface area contributed by atoms with Gasteiger partial charge in [0.2, 0.25) is 0 Å². The number of aromatic nitrogens is 1. The van der Waals surface area contributed by atoms with E-state index in [1.54, 1.807) is 12.4 Å². The summed E-state index contributed by atoms with van der Waals surface area (Å²) in [6.07, 6.45) is 4.15. The normalized spacial score (nSPS) is 21.4. The largest absolute Gasteiger partial charge is 0.477 e. The van der Waals surface area contributed by atoms with Gasteiger partial charge in [0, 0.05) is 35.3 Å². The molecule has 1 unspecified atom stereocenters. The molecule has 1 aromatic heterocycles. The molecule has 0 aromatic carbocycles. The van der Waals surface area contributed by atoms with E-state index in [2.05, 4.69) is 15.6 Å². The SMILES string of the molecule is CCCNC(=O)NC1C(=O)N2C(C(=O)O)=C(CSc3ccncc3)CS[C@@H]12. The molecule has 1 fully saturated rings. The summed E-state index contributed by atoms with van der Waals surface area (Å²) in [5, 5.41) is 14.6. The van der Waals surface area contributed by atoms with Crippen molar-refractivity contribution in [3.63, 3.8) is 0 Å². The van der Waals surface area contributed by atoms with Crippen molar-refractivity contribution in [3.05, 3.63) is 35.8 Å². The van der Waals surface area contributed by atoms with Crippen molar-refractivity contribution in [2.75, 3.05) is 18.1 Å². The van der Waals surface area contributed by atoms with Gasteiger partial charge in [-0.2, -0.15) is 0 Å². The molecule has 0 bridgehead atoms. The number of nitrogens with zero attached hydrogens (tertiary/aromatic N) is 2. The van der Waals surface area contributed by atoms with E-state index < -0.39 is 18.0 Å². The molecule has 3 N–H and O–H groups in total. The lowest BCUT2D eigenvalue weighted by Gasteiger charge is -2.49. The van der Waals surface area contributed by atoms with Crippen molar-refractivity contribution in [1.29, 1.82) is 0 Å². The number of carboxylic acid groups (broad SMARTS) is 1. The van der Waals surface area contributed by atoms with Gasteiger partial charge in [0.15, 0.2) is 0 Å². The van der Waals surface area contributed by atoms with E-state index in [4.69, 9.17) is 0 Å². The molecule has 3 rings (SSSR count). The molecule has 0 spiro atoms. The molecule has 0 saturated carbocycles. The van der Waals surface area contributed by atoms with Gasteiger partial charge in [-0.3, -0.25) is 14.7 Å². The number of rotatable bonds is 7. The van der Waals surface area contributed by atoms with E-state index in [9.17, 15) is 19.5 Å². The number of amides is 3. The Morgan fingerprint density at radius 2 is 2.15 bits per heavy atom. The maximum Gasteiger partial charge on any atom is 0.352 e. The number of β-lactam (4-membered cyclic amide) rings is 1. The third-order valence-corrected chi connectivity index (χ3v) is 6.57. The van der Waals surface area contributed by atoms with E-state index >= 15 is 0 Å². The van der Waals surface area contributed by atoms with E-state index in [0.29, 0.717) is 23.6 Å². The first-order valence-corrected chi connectivity index (χ1v) is 10.5. The quantitative estimate of drug-likeness (QED) is 0.463. The summed E-state index contributed by atoms with van der Waals surface area (Å²) < 4.78 is 0. The Morgan fingerprint density at radius 1 is 1.41 bits per heavy atom. The van der Waals surface area contributed by atoms with Crippen molar-refractivity contribution in [2.45, 2.75) is 29.7 Å². The van der Waals surface area contributed by atoms with Crippen LogP contribution >= 0.6 is 23.5 Å². The lowest BCUT2D eigenvalue weighted by molar-refractivity contribution is -0.148. The number of hydrogen-bond donors (Lipinski definition) is 3. The fourth-order valence-electron chi connectivity index (χ4n) is 2.83. The predicted octanol–water partition coefficient (Wildman–Crippen LogP) is 1.51. The molecule has 2 atom stereocenters. The fourth-order valence-corrected chi connectivity index (χ4v) is 5.20. The summed E-state index contributed by atoms with van der Waals surface area (Å²) in [7, 11) is 0. The monoisotopic (exact) mass is 408 g/mol. The molecular formula is C17H20N4O4S2. The Labute approximate surface area is 165 Å². The van der Waals surface area contributed by atoms with Gasteiger partial charge in [0.25, 0.3) is 5.91 Å². The second-order valence-corrected chi connectivity index (χ2v) is 8.17. The molecule has 1 saturated heterocycles. The molecule has 3 heterocycles. The Kier molecular flexibility index (Phi) is 6.27. The number of carbonyl (C=O) groups excluding carboxylic acids is 2. The maximum absolute atomic E-state index is 12.5. The van der Waals surface area contributed by atoms with Gasteiger partial charge >= 0.3 is 12.0 Å². The minimum atomic E-state index is -1.12. The van der Waals surface area contributed by atoms with E-state index in [1.807, 2.05) is 19.1 Å². The smallest absolute Gasteiger partial charge is 0.352 e. The summed E-state index contributed by atoms with van der Waals surface area (Å²) in [4.78, 5) is 42.4. The summed E-state index contributed by atoms with van der Waals surface area (Å²) in [6, 6.07) is 2.60. The van der Waals surface area contributed by atoms with Gasteiger partial charge in [0.05, 0.1) is 0 Å². The number of carboxylic acids is 1. The Bertz CT molecular complexity index is 771. The highest BCUT2D eigenvalue weighted by atomic mass is 32.2. The summed E-state index contributed by atoms with van der Waals surface area (Å²) in [5.74, 6) is -0.525. The first-order chi connectivity index (χ1) is 13.0. The third kappa shape index (κ3) is 4.22. The van der Waals surface area contributed by atoms with Crippen LogP contribution in [0.4, 0.5) is 4.79 Å². The zero-order valence-electron chi connectivity index (χ0n) is 14.7. The van der Waals surface area contributed by atoms with Crippen LogP contribution in [0.5, 0.6) is 0 Å². The summed E-state index contributed by atoms with van der Waals surface area (Å²) in [5.41, 5.74) is 0.741. The Morgan fingerprint density at radius 3 is 2.81 bits per heavy atom. The number of pyridine rings is 1. The number of carbonyl (C=O) groups is 3.